The molecule has 0 spiro atoms. The highest BCUT2D eigenvalue weighted by molar-refractivity contribution is 5.81. The fourth-order valence-corrected chi connectivity index (χ4v) is 1.49. The second-order valence-corrected chi connectivity index (χ2v) is 3.92. The second kappa shape index (κ2) is 4.91. The van der Waals surface area contributed by atoms with Crippen LogP contribution in [-0.4, -0.2) is 19.7 Å². The van der Waals surface area contributed by atoms with Crippen molar-refractivity contribution in [2.75, 3.05) is 13.4 Å². The number of benzene rings is 1. The van der Waals surface area contributed by atoms with E-state index in [1.54, 1.807) is 12.1 Å². The summed E-state index contributed by atoms with van der Waals surface area (Å²) in [6.45, 7) is 6.41. The first-order chi connectivity index (χ1) is 8.20. The Morgan fingerprint density at radius 3 is 2.82 bits per heavy atom. The van der Waals surface area contributed by atoms with Crippen molar-refractivity contribution in [3.63, 3.8) is 0 Å². The van der Waals surface area contributed by atoms with Gasteiger partial charge in [-0.25, -0.2) is 0 Å². The highest BCUT2D eigenvalue weighted by atomic mass is 16.7. The zero-order valence-electron chi connectivity index (χ0n) is 9.69. The van der Waals surface area contributed by atoms with Crippen molar-refractivity contribution < 1.29 is 19.0 Å². The number of carbonyl (C=O) groups is 1. The zero-order valence-corrected chi connectivity index (χ0v) is 9.69. The summed E-state index contributed by atoms with van der Waals surface area (Å²) in [4.78, 5) is 10.9. The van der Waals surface area contributed by atoms with Crippen LogP contribution < -0.4 is 14.2 Å². The number of aldehydes is 1. The molecular formula is C13H14O4. The van der Waals surface area contributed by atoms with E-state index in [1.165, 1.54) is 0 Å². The number of rotatable bonds is 5. The van der Waals surface area contributed by atoms with Gasteiger partial charge >= 0.3 is 0 Å². The summed E-state index contributed by atoms with van der Waals surface area (Å²) in [5, 5.41) is 0. The lowest BCUT2D eigenvalue weighted by Gasteiger charge is -2.09. The molecule has 2 rings (SSSR count). The Kier molecular flexibility index (Phi) is 3.32. The zero-order chi connectivity index (χ0) is 12.3. The van der Waals surface area contributed by atoms with Gasteiger partial charge in [-0.15, -0.1) is 6.58 Å². The van der Waals surface area contributed by atoms with E-state index in [-0.39, 0.29) is 6.79 Å². The Labute approximate surface area is 99.8 Å². The van der Waals surface area contributed by atoms with E-state index in [9.17, 15) is 4.79 Å². The van der Waals surface area contributed by atoms with Crippen molar-refractivity contribution >= 4 is 6.29 Å². The Morgan fingerprint density at radius 1 is 1.47 bits per heavy atom. The van der Waals surface area contributed by atoms with Gasteiger partial charge in [0.05, 0.1) is 12.2 Å². The Bertz CT molecular complexity index is 451. The third-order valence-electron chi connectivity index (χ3n) is 2.42. The van der Waals surface area contributed by atoms with Crippen LogP contribution in [0.2, 0.25) is 0 Å². The molecule has 90 valence electrons. The van der Waals surface area contributed by atoms with Gasteiger partial charge in [-0.1, -0.05) is 5.57 Å². The summed E-state index contributed by atoms with van der Waals surface area (Å²) in [5.74, 6) is 1.71. The third-order valence-corrected chi connectivity index (χ3v) is 2.42. The van der Waals surface area contributed by atoms with Crippen LogP contribution in [0, 0.1) is 0 Å². The molecule has 0 amide bonds. The average Bonchev–Trinajstić information content (AvgIpc) is 2.74. The quantitative estimate of drug-likeness (QED) is 0.580. The van der Waals surface area contributed by atoms with Gasteiger partial charge in [0.1, 0.15) is 5.75 Å². The summed E-state index contributed by atoms with van der Waals surface area (Å²) < 4.78 is 16.0. The van der Waals surface area contributed by atoms with Crippen LogP contribution in [0.4, 0.5) is 0 Å². The second-order valence-electron chi connectivity index (χ2n) is 3.92. The maximum Gasteiger partial charge on any atom is 0.231 e. The first-order valence-electron chi connectivity index (χ1n) is 5.36. The van der Waals surface area contributed by atoms with E-state index in [2.05, 4.69) is 6.58 Å². The predicted molar refractivity (Wildman–Crippen MR) is 62.9 cm³/mol. The Morgan fingerprint density at radius 2 is 2.18 bits per heavy atom. The summed E-state index contributed by atoms with van der Waals surface area (Å²) in [7, 11) is 0. The summed E-state index contributed by atoms with van der Waals surface area (Å²) in [5.41, 5.74) is 1.51. The Balaban J connectivity index is 2.15. The SMILES string of the molecule is C=C(C)CCOc1cc2c(cc1C=O)OCO2. The van der Waals surface area contributed by atoms with E-state index < -0.39 is 0 Å². The summed E-state index contributed by atoms with van der Waals surface area (Å²) in [6.07, 6.45) is 1.50. The molecule has 0 atom stereocenters. The van der Waals surface area contributed by atoms with E-state index in [1.807, 2.05) is 6.92 Å². The summed E-state index contributed by atoms with van der Waals surface area (Å²) >= 11 is 0. The van der Waals surface area contributed by atoms with Crippen LogP contribution in [0.5, 0.6) is 17.2 Å². The van der Waals surface area contributed by atoms with E-state index >= 15 is 0 Å². The molecule has 0 bridgehead atoms. The van der Waals surface area contributed by atoms with Crippen molar-refractivity contribution in [3.8, 4) is 17.2 Å². The first kappa shape index (κ1) is 11.5. The fraction of sp³-hybridized carbons (Fsp3) is 0.308. The molecule has 17 heavy (non-hydrogen) atoms. The largest absolute Gasteiger partial charge is 0.492 e. The maximum atomic E-state index is 10.9. The van der Waals surface area contributed by atoms with Gasteiger partial charge in [0.15, 0.2) is 17.8 Å². The molecule has 0 radical (unpaired) electrons. The molecule has 1 aromatic carbocycles. The molecule has 0 fully saturated rings. The maximum absolute atomic E-state index is 10.9. The lowest BCUT2D eigenvalue weighted by atomic mass is 10.2. The van der Waals surface area contributed by atoms with Gasteiger partial charge in [-0.3, -0.25) is 4.79 Å². The van der Waals surface area contributed by atoms with Gasteiger partial charge < -0.3 is 14.2 Å². The molecule has 1 aliphatic rings. The normalized spacial score (nSPS) is 12.3. The molecule has 4 heteroatoms. The number of hydrogen-bond donors (Lipinski definition) is 0. The predicted octanol–water partition coefficient (Wildman–Crippen LogP) is 2.57. The highest BCUT2D eigenvalue weighted by Gasteiger charge is 2.17. The molecule has 0 saturated carbocycles. The number of hydrogen-bond acceptors (Lipinski definition) is 4. The van der Waals surface area contributed by atoms with Gasteiger partial charge in [0, 0.05) is 12.5 Å². The number of carbonyl (C=O) groups excluding carboxylic acids is 1. The van der Waals surface area contributed by atoms with E-state index in [0.717, 1.165) is 18.3 Å². The first-order valence-corrected chi connectivity index (χ1v) is 5.36. The lowest BCUT2D eigenvalue weighted by Crippen LogP contribution is -2.00. The van der Waals surface area contributed by atoms with E-state index in [0.29, 0.717) is 29.4 Å². The molecular weight excluding hydrogens is 220 g/mol. The van der Waals surface area contributed by atoms with Crippen LogP contribution >= 0.6 is 0 Å². The van der Waals surface area contributed by atoms with Crippen LogP contribution in [-0.2, 0) is 0 Å². The monoisotopic (exact) mass is 234 g/mol. The van der Waals surface area contributed by atoms with Gasteiger partial charge in [0.25, 0.3) is 0 Å². The van der Waals surface area contributed by atoms with Crippen molar-refractivity contribution in [2.45, 2.75) is 13.3 Å². The minimum Gasteiger partial charge on any atom is -0.492 e. The molecule has 1 heterocycles. The highest BCUT2D eigenvalue weighted by Crippen LogP contribution is 2.37. The molecule has 1 aliphatic heterocycles. The van der Waals surface area contributed by atoms with Crippen LogP contribution in [0.3, 0.4) is 0 Å². The summed E-state index contributed by atoms with van der Waals surface area (Å²) in [6, 6.07) is 3.32. The molecule has 0 unspecified atom stereocenters. The van der Waals surface area contributed by atoms with E-state index in [4.69, 9.17) is 14.2 Å². The van der Waals surface area contributed by atoms with Gasteiger partial charge in [0.2, 0.25) is 6.79 Å². The minimum absolute atomic E-state index is 0.183. The van der Waals surface area contributed by atoms with Crippen molar-refractivity contribution in [3.05, 3.63) is 29.8 Å². The van der Waals surface area contributed by atoms with Crippen molar-refractivity contribution in [1.29, 1.82) is 0 Å². The molecule has 0 aromatic heterocycles. The minimum atomic E-state index is 0.183. The molecule has 0 aliphatic carbocycles. The van der Waals surface area contributed by atoms with Crippen LogP contribution in [0.15, 0.2) is 24.3 Å². The van der Waals surface area contributed by atoms with Crippen molar-refractivity contribution in [1.82, 2.24) is 0 Å². The lowest BCUT2D eigenvalue weighted by molar-refractivity contribution is 0.111. The third kappa shape index (κ3) is 2.58. The Hall–Kier alpha value is -1.97. The standard InChI is InChI=1S/C13H14O4/c1-9(2)3-4-15-11-6-13-12(16-8-17-13)5-10(11)7-14/h5-7H,1,3-4,8H2,2H3. The molecule has 0 saturated heterocycles. The van der Waals surface area contributed by atoms with Gasteiger partial charge in [-0.05, 0) is 13.0 Å². The molecule has 1 aromatic rings. The smallest absolute Gasteiger partial charge is 0.231 e. The average molecular weight is 234 g/mol. The number of ether oxygens (including phenoxy) is 3. The fourth-order valence-electron chi connectivity index (χ4n) is 1.49. The molecule has 4 nitrogen and oxygen atoms in total. The molecule has 0 N–H and O–H groups in total. The number of fused-ring (bicyclic) bond motifs is 1. The van der Waals surface area contributed by atoms with Crippen LogP contribution in [0.25, 0.3) is 0 Å². The van der Waals surface area contributed by atoms with Crippen LogP contribution in [0.1, 0.15) is 23.7 Å². The van der Waals surface area contributed by atoms with Crippen molar-refractivity contribution in [2.24, 2.45) is 0 Å². The van der Waals surface area contributed by atoms with Gasteiger partial charge in [-0.2, -0.15) is 0 Å². The topological polar surface area (TPSA) is 44.8 Å².